The Hall–Kier alpha value is -3.00. The number of methoxy groups -OCH3 is 1. The highest BCUT2D eigenvalue weighted by Crippen LogP contribution is 2.21. The Balaban J connectivity index is 1.72. The van der Waals surface area contributed by atoms with Crippen LogP contribution >= 0.6 is 11.8 Å². The lowest BCUT2D eigenvalue weighted by Gasteiger charge is -2.08. The van der Waals surface area contributed by atoms with Crippen LogP contribution in [0.4, 0.5) is 5.69 Å². The Morgan fingerprint density at radius 2 is 1.64 bits per heavy atom. The lowest BCUT2D eigenvalue weighted by Crippen LogP contribution is -2.21. The number of thioether (sulfide) groups is 1. The number of esters is 2. The molecule has 0 aliphatic carbocycles. The van der Waals surface area contributed by atoms with Crippen LogP contribution in [-0.2, 0) is 19.1 Å². The Kier molecular flexibility index (Phi) is 8.36. The molecule has 0 aromatic heterocycles. The summed E-state index contributed by atoms with van der Waals surface area (Å²) in [4.78, 5) is 36.1. The molecule has 0 aliphatic rings. The molecular weight excluding hydrogens is 382 g/mol. The second-order valence-electron chi connectivity index (χ2n) is 5.47. The molecule has 0 fully saturated rings. The van der Waals surface area contributed by atoms with Gasteiger partial charge < -0.3 is 19.5 Å². The summed E-state index contributed by atoms with van der Waals surface area (Å²) in [6.45, 7) is 1.63. The smallest absolute Gasteiger partial charge is 0.338 e. The highest BCUT2D eigenvalue weighted by molar-refractivity contribution is 8.00. The SMILES string of the molecule is CCOC(=O)c1ccc(NC(=O)COC(=O)CSc2ccc(OC)cc2)cc1. The molecule has 148 valence electrons. The molecule has 0 spiro atoms. The van der Waals surface area contributed by atoms with Crippen LogP contribution in [0.5, 0.6) is 5.75 Å². The zero-order valence-electron chi connectivity index (χ0n) is 15.6. The van der Waals surface area contributed by atoms with Crippen LogP contribution < -0.4 is 10.1 Å². The number of nitrogens with one attached hydrogen (secondary N) is 1. The maximum Gasteiger partial charge on any atom is 0.338 e. The quantitative estimate of drug-likeness (QED) is 0.508. The zero-order chi connectivity index (χ0) is 20.4. The first-order valence-electron chi connectivity index (χ1n) is 8.51. The average molecular weight is 403 g/mol. The Labute approximate surface area is 167 Å². The van der Waals surface area contributed by atoms with E-state index < -0.39 is 17.8 Å². The second-order valence-corrected chi connectivity index (χ2v) is 6.52. The third-order valence-corrected chi connectivity index (χ3v) is 4.45. The fourth-order valence-corrected chi connectivity index (χ4v) is 2.80. The summed E-state index contributed by atoms with van der Waals surface area (Å²) in [5, 5.41) is 2.59. The van der Waals surface area contributed by atoms with Crippen LogP contribution in [0.2, 0.25) is 0 Å². The molecule has 0 saturated carbocycles. The van der Waals surface area contributed by atoms with E-state index in [-0.39, 0.29) is 12.4 Å². The number of carbonyl (C=O) groups excluding carboxylic acids is 3. The van der Waals surface area contributed by atoms with Crippen LogP contribution in [0, 0.1) is 0 Å². The first kappa shape index (κ1) is 21.3. The van der Waals surface area contributed by atoms with E-state index in [4.69, 9.17) is 14.2 Å². The van der Waals surface area contributed by atoms with Crippen molar-refractivity contribution in [2.75, 3.05) is 31.4 Å². The van der Waals surface area contributed by atoms with E-state index in [1.807, 2.05) is 12.1 Å². The average Bonchev–Trinajstić information content (AvgIpc) is 2.71. The van der Waals surface area contributed by atoms with Crippen LogP contribution in [0.15, 0.2) is 53.4 Å². The van der Waals surface area contributed by atoms with Crippen molar-refractivity contribution >= 4 is 35.3 Å². The van der Waals surface area contributed by atoms with E-state index in [2.05, 4.69) is 5.32 Å². The zero-order valence-corrected chi connectivity index (χ0v) is 16.4. The number of hydrogen-bond donors (Lipinski definition) is 1. The van der Waals surface area contributed by atoms with Crippen molar-refractivity contribution in [3.63, 3.8) is 0 Å². The van der Waals surface area contributed by atoms with Crippen molar-refractivity contribution in [2.45, 2.75) is 11.8 Å². The topological polar surface area (TPSA) is 90.9 Å². The molecule has 2 aromatic carbocycles. The summed E-state index contributed by atoms with van der Waals surface area (Å²) in [5.74, 6) is -0.559. The first-order chi connectivity index (χ1) is 13.5. The third-order valence-electron chi connectivity index (χ3n) is 3.46. The normalized spacial score (nSPS) is 10.1. The van der Waals surface area contributed by atoms with E-state index >= 15 is 0 Å². The number of amides is 1. The van der Waals surface area contributed by atoms with Gasteiger partial charge >= 0.3 is 11.9 Å². The molecule has 1 N–H and O–H groups in total. The van der Waals surface area contributed by atoms with Crippen molar-refractivity contribution in [3.05, 3.63) is 54.1 Å². The van der Waals surface area contributed by atoms with Gasteiger partial charge in [0.25, 0.3) is 5.91 Å². The number of benzene rings is 2. The fraction of sp³-hybridized carbons (Fsp3) is 0.250. The largest absolute Gasteiger partial charge is 0.497 e. The summed E-state index contributed by atoms with van der Waals surface area (Å²) in [6.07, 6.45) is 0. The summed E-state index contributed by atoms with van der Waals surface area (Å²) >= 11 is 1.31. The Morgan fingerprint density at radius 3 is 2.25 bits per heavy atom. The minimum Gasteiger partial charge on any atom is -0.497 e. The van der Waals surface area contributed by atoms with Gasteiger partial charge in [-0.05, 0) is 55.5 Å². The van der Waals surface area contributed by atoms with Gasteiger partial charge in [0.2, 0.25) is 0 Å². The molecule has 0 bridgehead atoms. The molecule has 8 heteroatoms. The second kappa shape index (κ2) is 11.0. The maximum atomic E-state index is 11.9. The van der Waals surface area contributed by atoms with Gasteiger partial charge in [0.15, 0.2) is 6.61 Å². The highest BCUT2D eigenvalue weighted by atomic mass is 32.2. The summed E-state index contributed by atoms with van der Waals surface area (Å²) in [6, 6.07) is 13.5. The van der Waals surface area contributed by atoms with Crippen molar-refractivity contribution in [1.82, 2.24) is 0 Å². The van der Waals surface area contributed by atoms with E-state index in [1.165, 1.54) is 11.8 Å². The van der Waals surface area contributed by atoms with Gasteiger partial charge in [0, 0.05) is 10.6 Å². The third kappa shape index (κ3) is 6.96. The predicted molar refractivity (Wildman–Crippen MR) is 106 cm³/mol. The van der Waals surface area contributed by atoms with E-state index in [1.54, 1.807) is 50.4 Å². The predicted octanol–water partition coefficient (Wildman–Crippen LogP) is 3.15. The molecule has 2 rings (SSSR count). The van der Waals surface area contributed by atoms with Gasteiger partial charge in [-0.2, -0.15) is 0 Å². The molecule has 7 nitrogen and oxygen atoms in total. The minimum absolute atomic E-state index is 0.0911. The maximum absolute atomic E-state index is 11.9. The van der Waals surface area contributed by atoms with Crippen molar-refractivity contribution in [1.29, 1.82) is 0 Å². The molecule has 0 saturated heterocycles. The Morgan fingerprint density at radius 1 is 0.964 bits per heavy atom. The summed E-state index contributed by atoms with van der Waals surface area (Å²) < 4.78 is 14.9. The molecule has 0 aliphatic heterocycles. The van der Waals surface area contributed by atoms with Gasteiger partial charge in [0.1, 0.15) is 5.75 Å². The molecule has 0 unspecified atom stereocenters. The lowest BCUT2D eigenvalue weighted by molar-refractivity contribution is -0.144. The minimum atomic E-state index is -0.492. The molecule has 0 radical (unpaired) electrons. The van der Waals surface area contributed by atoms with E-state index in [9.17, 15) is 14.4 Å². The lowest BCUT2D eigenvalue weighted by atomic mass is 10.2. The number of carbonyl (C=O) groups is 3. The monoisotopic (exact) mass is 403 g/mol. The fourth-order valence-electron chi connectivity index (χ4n) is 2.10. The van der Waals surface area contributed by atoms with Gasteiger partial charge in [-0.25, -0.2) is 4.79 Å². The van der Waals surface area contributed by atoms with E-state index in [0.717, 1.165) is 10.6 Å². The van der Waals surface area contributed by atoms with Crippen molar-refractivity contribution < 1.29 is 28.6 Å². The van der Waals surface area contributed by atoms with Crippen LogP contribution in [0.25, 0.3) is 0 Å². The molecule has 0 heterocycles. The molecule has 1 amide bonds. The van der Waals surface area contributed by atoms with Crippen molar-refractivity contribution in [3.8, 4) is 5.75 Å². The first-order valence-corrected chi connectivity index (χ1v) is 9.50. The van der Waals surface area contributed by atoms with Crippen molar-refractivity contribution in [2.24, 2.45) is 0 Å². The number of hydrogen-bond acceptors (Lipinski definition) is 7. The molecule has 2 aromatic rings. The van der Waals surface area contributed by atoms with E-state index in [0.29, 0.717) is 17.9 Å². The molecule has 28 heavy (non-hydrogen) atoms. The van der Waals surface area contributed by atoms with Crippen LogP contribution in [0.1, 0.15) is 17.3 Å². The number of anilines is 1. The highest BCUT2D eigenvalue weighted by Gasteiger charge is 2.10. The number of rotatable bonds is 9. The van der Waals surface area contributed by atoms with Crippen LogP contribution in [-0.4, -0.2) is 43.9 Å². The molecule has 0 atom stereocenters. The standard InChI is InChI=1S/C20H21NO6S/c1-3-26-20(24)14-4-6-15(7-5-14)21-18(22)12-27-19(23)13-28-17-10-8-16(25-2)9-11-17/h4-11H,3,12-13H2,1-2H3,(H,21,22). The van der Waals surface area contributed by atoms with Crippen LogP contribution in [0.3, 0.4) is 0 Å². The van der Waals surface area contributed by atoms with Gasteiger partial charge in [0.05, 0.1) is 25.0 Å². The van der Waals surface area contributed by atoms with Gasteiger partial charge in [-0.1, -0.05) is 0 Å². The number of ether oxygens (including phenoxy) is 3. The summed E-state index contributed by atoms with van der Waals surface area (Å²) in [7, 11) is 1.58. The molecular formula is C20H21NO6S. The van der Waals surface area contributed by atoms with Gasteiger partial charge in [-0.15, -0.1) is 11.8 Å². The van der Waals surface area contributed by atoms with Gasteiger partial charge in [-0.3, -0.25) is 9.59 Å². The summed E-state index contributed by atoms with van der Waals surface area (Å²) in [5.41, 5.74) is 0.878. The Bertz CT molecular complexity index is 804.